The van der Waals surface area contributed by atoms with Crippen molar-refractivity contribution in [2.45, 2.75) is 32.9 Å². The summed E-state index contributed by atoms with van der Waals surface area (Å²) in [4.78, 5) is 18.9. The molecule has 0 atom stereocenters. The molecular formula is C24H33N5O3. The Morgan fingerprint density at radius 3 is 2.59 bits per heavy atom. The van der Waals surface area contributed by atoms with Crippen LogP contribution in [0.3, 0.4) is 0 Å². The van der Waals surface area contributed by atoms with Crippen LogP contribution in [0, 0.1) is 0 Å². The number of carbonyl (C=O) groups is 1. The maximum absolute atomic E-state index is 12.3. The second-order valence-corrected chi connectivity index (χ2v) is 7.55. The molecule has 3 rings (SSSR count). The lowest BCUT2D eigenvalue weighted by atomic mass is 10.2. The Hall–Kier alpha value is -3.42. The number of anilines is 1. The minimum Gasteiger partial charge on any atom is -0.497 e. The maximum atomic E-state index is 12.3. The number of urea groups is 1. The van der Waals surface area contributed by atoms with Gasteiger partial charge in [-0.25, -0.2) is 9.79 Å². The zero-order valence-electron chi connectivity index (χ0n) is 19.1. The Labute approximate surface area is 190 Å². The topological polar surface area (TPSA) is 87.2 Å². The number of nitrogens with zero attached hydrogens (tertiary/aromatic N) is 2. The predicted molar refractivity (Wildman–Crippen MR) is 127 cm³/mol. The van der Waals surface area contributed by atoms with Gasteiger partial charge in [0.25, 0.3) is 0 Å². The van der Waals surface area contributed by atoms with Gasteiger partial charge < -0.3 is 30.3 Å². The fourth-order valence-corrected chi connectivity index (χ4v) is 3.56. The van der Waals surface area contributed by atoms with Gasteiger partial charge in [-0.15, -0.1) is 0 Å². The maximum Gasteiger partial charge on any atom is 0.321 e. The van der Waals surface area contributed by atoms with Crippen LogP contribution in [-0.4, -0.2) is 50.7 Å². The van der Waals surface area contributed by atoms with Crippen LogP contribution in [0.1, 0.15) is 30.9 Å². The first-order chi connectivity index (χ1) is 15.6. The number of rotatable bonds is 8. The fraction of sp³-hybridized carbons (Fsp3) is 0.417. The van der Waals surface area contributed by atoms with E-state index in [1.165, 1.54) is 0 Å². The van der Waals surface area contributed by atoms with Crippen LogP contribution in [0.25, 0.3) is 0 Å². The molecule has 0 bridgehead atoms. The van der Waals surface area contributed by atoms with E-state index in [4.69, 9.17) is 14.5 Å². The number of guanidine groups is 1. The summed E-state index contributed by atoms with van der Waals surface area (Å²) in [6.07, 6.45) is 2.15. The highest BCUT2D eigenvalue weighted by Gasteiger charge is 2.17. The van der Waals surface area contributed by atoms with Crippen molar-refractivity contribution >= 4 is 17.7 Å². The van der Waals surface area contributed by atoms with E-state index >= 15 is 0 Å². The van der Waals surface area contributed by atoms with E-state index in [9.17, 15) is 4.79 Å². The Kier molecular flexibility index (Phi) is 8.60. The van der Waals surface area contributed by atoms with Gasteiger partial charge in [0.2, 0.25) is 0 Å². The van der Waals surface area contributed by atoms with E-state index in [1.807, 2.05) is 54.3 Å². The monoisotopic (exact) mass is 439 g/mol. The Morgan fingerprint density at radius 2 is 1.88 bits per heavy atom. The number of aliphatic imine (C=N–C) groups is 1. The Morgan fingerprint density at radius 1 is 1.06 bits per heavy atom. The van der Waals surface area contributed by atoms with Gasteiger partial charge in [0, 0.05) is 43.5 Å². The number of benzene rings is 2. The SMILES string of the molecule is CCNC(=NCc1cccc(NC(=O)N2CCCC2)c1)NCc1ccc(OC)cc1OC. The first-order valence-corrected chi connectivity index (χ1v) is 11.0. The zero-order chi connectivity index (χ0) is 22.8. The smallest absolute Gasteiger partial charge is 0.321 e. The molecule has 0 unspecified atom stereocenters. The number of methoxy groups -OCH3 is 2. The van der Waals surface area contributed by atoms with Gasteiger partial charge in [-0.3, -0.25) is 0 Å². The van der Waals surface area contributed by atoms with E-state index in [2.05, 4.69) is 16.0 Å². The molecule has 1 heterocycles. The first kappa shape index (κ1) is 23.2. The molecule has 172 valence electrons. The third-order valence-corrected chi connectivity index (χ3v) is 5.28. The lowest BCUT2D eigenvalue weighted by Gasteiger charge is -2.16. The fourth-order valence-electron chi connectivity index (χ4n) is 3.56. The third-order valence-electron chi connectivity index (χ3n) is 5.28. The van der Waals surface area contributed by atoms with Crippen LogP contribution in [0.5, 0.6) is 11.5 Å². The highest BCUT2D eigenvalue weighted by molar-refractivity contribution is 5.89. The number of likely N-dealkylation sites (tertiary alicyclic amines) is 1. The average molecular weight is 440 g/mol. The number of ether oxygens (including phenoxy) is 2. The summed E-state index contributed by atoms with van der Waals surface area (Å²) in [5.74, 6) is 2.22. The van der Waals surface area contributed by atoms with Gasteiger partial charge in [-0.05, 0) is 49.6 Å². The van der Waals surface area contributed by atoms with Gasteiger partial charge in [0.15, 0.2) is 5.96 Å². The first-order valence-electron chi connectivity index (χ1n) is 11.0. The van der Waals surface area contributed by atoms with Crippen molar-refractivity contribution < 1.29 is 14.3 Å². The van der Waals surface area contributed by atoms with Crippen molar-refractivity contribution in [3.63, 3.8) is 0 Å². The molecule has 2 aromatic rings. The number of hydrogen-bond acceptors (Lipinski definition) is 4. The molecule has 0 saturated carbocycles. The van der Waals surface area contributed by atoms with Gasteiger partial charge in [0.05, 0.1) is 20.8 Å². The molecule has 3 N–H and O–H groups in total. The van der Waals surface area contributed by atoms with Crippen molar-refractivity contribution in [3.05, 3.63) is 53.6 Å². The second kappa shape index (κ2) is 11.8. The molecule has 1 aliphatic heterocycles. The summed E-state index contributed by atoms with van der Waals surface area (Å²) in [6.45, 7) is 5.48. The summed E-state index contributed by atoms with van der Waals surface area (Å²) >= 11 is 0. The lowest BCUT2D eigenvalue weighted by Crippen LogP contribution is -2.36. The predicted octanol–water partition coefficient (Wildman–Crippen LogP) is 3.59. The molecule has 8 heteroatoms. The second-order valence-electron chi connectivity index (χ2n) is 7.55. The van der Waals surface area contributed by atoms with Gasteiger partial charge >= 0.3 is 6.03 Å². The van der Waals surface area contributed by atoms with E-state index in [-0.39, 0.29) is 6.03 Å². The summed E-state index contributed by atoms with van der Waals surface area (Å²) in [7, 11) is 3.28. The Bertz CT molecular complexity index is 926. The van der Waals surface area contributed by atoms with Crippen molar-refractivity contribution in [2.75, 3.05) is 39.2 Å². The number of hydrogen-bond donors (Lipinski definition) is 3. The minimum absolute atomic E-state index is 0.0356. The number of nitrogens with one attached hydrogen (secondary N) is 3. The minimum atomic E-state index is -0.0356. The molecule has 8 nitrogen and oxygen atoms in total. The van der Waals surface area contributed by atoms with Gasteiger partial charge in [0.1, 0.15) is 11.5 Å². The van der Waals surface area contributed by atoms with Gasteiger partial charge in [-0.2, -0.15) is 0 Å². The summed E-state index contributed by atoms with van der Waals surface area (Å²) in [5.41, 5.74) is 2.81. The van der Waals surface area contributed by atoms with E-state index < -0.39 is 0 Å². The molecule has 0 aliphatic carbocycles. The standard InChI is InChI=1S/C24H33N5O3/c1-4-25-23(27-17-19-10-11-21(31-2)15-22(19)32-3)26-16-18-8-7-9-20(14-18)28-24(30)29-12-5-6-13-29/h7-11,14-15H,4-6,12-13,16-17H2,1-3H3,(H,28,30)(H2,25,26,27). The summed E-state index contributed by atoms with van der Waals surface area (Å²) in [5, 5.41) is 9.60. The number of amides is 2. The molecule has 1 saturated heterocycles. The average Bonchev–Trinajstić information content (AvgIpc) is 3.36. The van der Waals surface area contributed by atoms with Crippen LogP contribution >= 0.6 is 0 Å². The molecule has 0 radical (unpaired) electrons. The van der Waals surface area contributed by atoms with Crippen molar-refractivity contribution in [1.29, 1.82) is 0 Å². The quantitative estimate of drug-likeness (QED) is 0.432. The molecule has 1 aliphatic rings. The van der Waals surface area contributed by atoms with Crippen LogP contribution in [0.4, 0.5) is 10.5 Å². The zero-order valence-corrected chi connectivity index (χ0v) is 19.1. The van der Waals surface area contributed by atoms with Gasteiger partial charge in [-0.1, -0.05) is 12.1 Å². The largest absolute Gasteiger partial charge is 0.497 e. The highest BCUT2D eigenvalue weighted by atomic mass is 16.5. The molecule has 1 fully saturated rings. The van der Waals surface area contributed by atoms with Crippen molar-refractivity contribution in [3.8, 4) is 11.5 Å². The van der Waals surface area contributed by atoms with E-state index in [0.717, 1.165) is 60.8 Å². The molecule has 32 heavy (non-hydrogen) atoms. The molecule has 2 aromatic carbocycles. The molecule has 0 aromatic heterocycles. The van der Waals surface area contributed by atoms with Crippen LogP contribution in [0.15, 0.2) is 47.5 Å². The normalized spacial score (nSPS) is 13.6. The summed E-state index contributed by atoms with van der Waals surface area (Å²) < 4.78 is 10.7. The van der Waals surface area contributed by atoms with E-state index in [0.29, 0.717) is 19.0 Å². The molecule has 2 amide bonds. The van der Waals surface area contributed by atoms with E-state index in [1.54, 1.807) is 14.2 Å². The molecular weight excluding hydrogens is 406 g/mol. The van der Waals surface area contributed by atoms with Crippen LogP contribution in [-0.2, 0) is 13.1 Å². The van der Waals surface area contributed by atoms with Crippen LogP contribution in [0.2, 0.25) is 0 Å². The molecule has 0 spiro atoms. The Balaban J connectivity index is 1.61. The summed E-state index contributed by atoms with van der Waals surface area (Å²) in [6, 6.07) is 13.5. The lowest BCUT2D eigenvalue weighted by molar-refractivity contribution is 0.222. The van der Waals surface area contributed by atoms with Crippen molar-refractivity contribution in [2.24, 2.45) is 4.99 Å². The third kappa shape index (κ3) is 6.54. The highest BCUT2D eigenvalue weighted by Crippen LogP contribution is 2.24. The number of carbonyl (C=O) groups excluding carboxylic acids is 1. The van der Waals surface area contributed by atoms with Crippen molar-refractivity contribution in [1.82, 2.24) is 15.5 Å². The van der Waals surface area contributed by atoms with Crippen LogP contribution < -0.4 is 25.4 Å².